The van der Waals surface area contributed by atoms with Gasteiger partial charge in [0.05, 0.1) is 12.1 Å². The van der Waals surface area contributed by atoms with Crippen LogP contribution >= 0.6 is 0 Å². The maximum atomic E-state index is 13.4. The summed E-state index contributed by atoms with van der Waals surface area (Å²) >= 11 is 0. The molecule has 2 amide bonds. The summed E-state index contributed by atoms with van der Waals surface area (Å²) in [4.78, 5) is 32.7. The van der Waals surface area contributed by atoms with E-state index in [4.69, 9.17) is 4.74 Å². The fourth-order valence-electron chi connectivity index (χ4n) is 6.25. The van der Waals surface area contributed by atoms with E-state index in [1.165, 1.54) is 5.56 Å². The highest BCUT2D eigenvalue weighted by Crippen LogP contribution is 2.52. The molecule has 37 heavy (non-hydrogen) atoms. The van der Waals surface area contributed by atoms with Crippen molar-refractivity contribution in [1.82, 2.24) is 15.2 Å². The Bertz CT molecular complexity index is 1460. The van der Waals surface area contributed by atoms with Crippen molar-refractivity contribution in [1.29, 1.82) is 0 Å². The predicted molar refractivity (Wildman–Crippen MR) is 142 cm³/mol. The molecule has 0 saturated carbocycles. The van der Waals surface area contributed by atoms with Gasteiger partial charge in [0.15, 0.2) is 0 Å². The third-order valence-corrected chi connectivity index (χ3v) is 8.06. The molecule has 2 atom stereocenters. The van der Waals surface area contributed by atoms with Crippen molar-refractivity contribution >= 4 is 22.6 Å². The molecule has 2 heterocycles. The number of fused-ring (bicyclic) bond motifs is 3. The Morgan fingerprint density at radius 3 is 2.41 bits per heavy atom. The Morgan fingerprint density at radius 1 is 0.919 bits per heavy atom. The lowest BCUT2D eigenvalue weighted by molar-refractivity contribution is -0.00932. The fraction of sp³-hybridized carbons (Fsp3) is 0.258. The summed E-state index contributed by atoms with van der Waals surface area (Å²) in [5.74, 6) is -0.163. The fourth-order valence-corrected chi connectivity index (χ4v) is 6.25. The van der Waals surface area contributed by atoms with Gasteiger partial charge in [0.1, 0.15) is 5.69 Å². The molecule has 1 aromatic heterocycles. The molecule has 0 radical (unpaired) electrons. The first-order valence-corrected chi connectivity index (χ1v) is 12.7. The number of carbonyl (C=O) groups excluding carboxylic acids is 2. The van der Waals surface area contributed by atoms with Crippen molar-refractivity contribution in [2.45, 2.75) is 30.4 Å². The van der Waals surface area contributed by atoms with E-state index in [0.717, 1.165) is 29.2 Å². The first-order chi connectivity index (χ1) is 18.1. The van der Waals surface area contributed by atoms with Gasteiger partial charge in [-0.3, -0.25) is 14.6 Å². The lowest BCUT2D eigenvalue weighted by atomic mass is 9.71. The van der Waals surface area contributed by atoms with Crippen LogP contribution in [0, 0.1) is 0 Å². The lowest BCUT2D eigenvalue weighted by Crippen LogP contribution is -2.51. The summed E-state index contributed by atoms with van der Waals surface area (Å²) in [6.45, 7) is 1.25. The van der Waals surface area contributed by atoms with Crippen molar-refractivity contribution in [3.63, 3.8) is 0 Å². The zero-order valence-corrected chi connectivity index (χ0v) is 20.8. The molecule has 3 aromatic carbocycles. The minimum Gasteiger partial charge on any atom is -0.378 e. The van der Waals surface area contributed by atoms with E-state index in [0.29, 0.717) is 24.3 Å². The van der Waals surface area contributed by atoms with Gasteiger partial charge in [0.2, 0.25) is 0 Å². The number of pyridine rings is 1. The van der Waals surface area contributed by atoms with E-state index in [1.54, 1.807) is 25.4 Å². The summed E-state index contributed by atoms with van der Waals surface area (Å²) in [6.07, 6.45) is 2.90. The molecular weight excluding hydrogens is 462 g/mol. The Labute approximate surface area is 216 Å². The molecule has 1 aliphatic heterocycles. The van der Waals surface area contributed by atoms with Crippen LogP contribution in [0.25, 0.3) is 10.8 Å². The molecule has 1 saturated heterocycles. The maximum absolute atomic E-state index is 13.4. The smallest absolute Gasteiger partial charge is 0.270 e. The van der Waals surface area contributed by atoms with Crippen LogP contribution in [0.5, 0.6) is 0 Å². The third kappa shape index (κ3) is 3.98. The van der Waals surface area contributed by atoms with Gasteiger partial charge in [0, 0.05) is 37.4 Å². The highest BCUT2D eigenvalue weighted by atomic mass is 16.5. The van der Waals surface area contributed by atoms with Gasteiger partial charge in [-0.1, -0.05) is 60.7 Å². The van der Waals surface area contributed by atoms with Crippen molar-refractivity contribution in [2.75, 3.05) is 20.2 Å². The summed E-state index contributed by atoms with van der Waals surface area (Å²) in [5, 5.41) is 5.39. The van der Waals surface area contributed by atoms with Gasteiger partial charge < -0.3 is 15.0 Å². The van der Waals surface area contributed by atoms with Gasteiger partial charge >= 0.3 is 0 Å². The van der Waals surface area contributed by atoms with Crippen LogP contribution in [-0.4, -0.2) is 48.0 Å². The largest absolute Gasteiger partial charge is 0.378 e. The molecule has 0 bridgehead atoms. The normalized spacial score (nSPS) is 20.1. The van der Waals surface area contributed by atoms with E-state index in [1.807, 2.05) is 59.5 Å². The number of ether oxygens (including phenoxy) is 1. The predicted octanol–water partition coefficient (Wildman–Crippen LogP) is 4.91. The number of benzene rings is 3. The van der Waals surface area contributed by atoms with E-state index < -0.39 is 0 Å². The molecular formula is C31H29N3O3. The van der Waals surface area contributed by atoms with Crippen LogP contribution in [0.1, 0.15) is 50.9 Å². The number of likely N-dealkylation sites (tertiary alicyclic amines) is 1. The topological polar surface area (TPSA) is 71.5 Å². The number of nitrogens with zero attached hydrogens (tertiary/aromatic N) is 2. The SMILES string of the molecule is CO[C@@H]1[C@@H](NC(=O)c2ccccn2)c2ccccc2C12CCN(C(=O)c1ccc3ccccc3c1)CC2. The minimum absolute atomic E-state index is 0.0563. The minimum atomic E-state index is -0.293. The summed E-state index contributed by atoms with van der Waals surface area (Å²) in [5.41, 5.74) is 3.09. The van der Waals surface area contributed by atoms with Crippen molar-refractivity contribution in [3.05, 3.63) is 114 Å². The number of nitrogens with one attached hydrogen (secondary N) is 1. The Hall–Kier alpha value is -4.03. The molecule has 1 fully saturated rings. The highest BCUT2D eigenvalue weighted by molar-refractivity contribution is 5.98. The molecule has 6 nitrogen and oxygen atoms in total. The summed E-state index contributed by atoms with van der Waals surface area (Å²) < 4.78 is 6.13. The molecule has 0 unspecified atom stereocenters. The van der Waals surface area contributed by atoms with Crippen LogP contribution in [0.4, 0.5) is 0 Å². The zero-order valence-electron chi connectivity index (χ0n) is 20.8. The molecule has 186 valence electrons. The maximum Gasteiger partial charge on any atom is 0.270 e. The number of amides is 2. The Balaban J connectivity index is 1.25. The summed E-state index contributed by atoms with van der Waals surface area (Å²) in [6, 6.07) is 27.3. The van der Waals surface area contributed by atoms with Crippen molar-refractivity contribution in [3.8, 4) is 0 Å². The molecule has 2 aliphatic rings. The van der Waals surface area contributed by atoms with Gasteiger partial charge in [-0.25, -0.2) is 0 Å². The average molecular weight is 492 g/mol. The molecule has 6 rings (SSSR count). The second-order valence-corrected chi connectivity index (χ2v) is 9.92. The number of methoxy groups -OCH3 is 1. The van der Waals surface area contributed by atoms with Gasteiger partial charge in [-0.05, 0) is 59.0 Å². The Morgan fingerprint density at radius 2 is 1.65 bits per heavy atom. The number of piperidine rings is 1. The molecule has 4 aromatic rings. The van der Waals surface area contributed by atoms with Crippen LogP contribution in [0.3, 0.4) is 0 Å². The number of aromatic nitrogens is 1. The highest BCUT2D eigenvalue weighted by Gasteiger charge is 2.54. The number of hydrogen-bond donors (Lipinski definition) is 1. The first kappa shape index (κ1) is 23.4. The van der Waals surface area contributed by atoms with Gasteiger partial charge in [-0.2, -0.15) is 0 Å². The molecule has 6 heteroatoms. The van der Waals surface area contributed by atoms with E-state index in [-0.39, 0.29) is 29.4 Å². The average Bonchev–Trinajstić information content (AvgIpc) is 3.21. The zero-order chi connectivity index (χ0) is 25.4. The number of hydrogen-bond acceptors (Lipinski definition) is 4. The van der Waals surface area contributed by atoms with Gasteiger partial charge in [0.25, 0.3) is 11.8 Å². The van der Waals surface area contributed by atoms with Crippen LogP contribution in [0.15, 0.2) is 91.1 Å². The van der Waals surface area contributed by atoms with Crippen LogP contribution in [0.2, 0.25) is 0 Å². The summed E-state index contributed by atoms with van der Waals surface area (Å²) in [7, 11) is 1.71. The second-order valence-electron chi connectivity index (χ2n) is 9.92. The Kier molecular flexibility index (Phi) is 5.97. The molecule has 1 N–H and O–H groups in total. The lowest BCUT2D eigenvalue weighted by Gasteiger charge is -2.44. The van der Waals surface area contributed by atoms with Crippen molar-refractivity contribution in [2.24, 2.45) is 0 Å². The van der Waals surface area contributed by atoms with Crippen LogP contribution in [-0.2, 0) is 10.2 Å². The number of carbonyl (C=O) groups is 2. The molecule has 1 spiro atoms. The quantitative estimate of drug-likeness (QED) is 0.440. The van der Waals surface area contributed by atoms with E-state index >= 15 is 0 Å². The monoisotopic (exact) mass is 491 g/mol. The van der Waals surface area contributed by atoms with Gasteiger partial charge in [-0.15, -0.1) is 0 Å². The molecule has 1 aliphatic carbocycles. The second kappa shape index (κ2) is 9.45. The first-order valence-electron chi connectivity index (χ1n) is 12.7. The third-order valence-electron chi connectivity index (χ3n) is 8.06. The number of rotatable bonds is 4. The standard InChI is InChI=1S/C31H29N3O3/c1-37-28-27(33-29(35)26-12-6-7-17-32-26)24-10-4-5-11-25(24)31(28)15-18-34(19-16-31)30(36)23-14-13-21-8-2-3-9-22(21)20-23/h2-14,17,20,27-28H,15-16,18-19H2,1H3,(H,33,35)/t27-,28+/m0/s1. The van der Waals surface area contributed by atoms with Crippen LogP contribution < -0.4 is 5.32 Å². The van der Waals surface area contributed by atoms with E-state index in [9.17, 15) is 9.59 Å². The van der Waals surface area contributed by atoms with E-state index in [2.05, 4.69) is 28.5 Å². The van der Waals surface area contributed by atoms with Crippen molar-refractivity contribution < 1.29 is 14.3 Å².